The largest absolute Gasteiger partial charge is 0.357 e. The van der Waals surface area contributed by atoms with Crippen molar-refractivity contribution in [3.05, 3.63) is 54.1 Å². The van der Waals surface area contributed by atoms with Crippen LogP contribution < -0.4 is 9.80 Å². The van der Waals surface area contributed by atoms with Gasteiger partial charge in [0.05, 0.1) is 21.7 Å². The number of aryl methyl sites for hydroxylation is 1. The van der Waals surface area contributed by atoms with Gasteiger partial charge in [0.25, 0.3) is 0 Å². The zero-order valence-corrected chi connectivity index (χ0v) is 17.9. The second-order valence-electron chi connectivity index (χ2n) is 7.56. The van der Waals surface area contributed by atoms with Crippen LogP contribution in [0.5, 0.6) is 0 Å². The van der Waals surface area contributed by atoms with E-state index in [9.17, 15) is 13.2 Å². The molecule has 2 aromatic carbocycles. The van der Waals surface area contributed by atoms with Gasteiger partial charge in [0.2, 0.25) is 5.91 Å². The van der Waals surface area contributed by atoms with E-state index >= 15 is 0 Å². The SMILES string of the molecule is Cc1ccc(S(=O)(=O)CCC(=O)N2CCCN(C)c3nc4ccccc4nc32)cc1. The molecule has 8 heteroatoms. The van der Waals surface area contributed by atoms with Gasteiger partial charge in [-0.3, -0.25) is 9.69 Å². The number of para-hydroxylation sites is 2. The number of nitrogens with zero attached hydrogens (tertiary/aromatic N) is 4. The van der Waals surface area contributed by atoms with Crippen LogP contribution in [0.2, 0.25) is 0 Å². The summed E-state index contributed by atoms with van der Waals surface area (Å²) in [5.74, 6) is 0.636. The lowest BCUT2D eigenvalue weighted by atomic mass is 10.2. The molecule has 0 spiro atoms. The Morgan fingerprint density at radius 2 is 1.60 bits per heavy atom. The maximum absolute atomic E-state index is 13.1. The lowest BCUT2D eigenvalue weighted by molar-refractivity contribution is -0.118. The van der Waals surface area contributed by atoms with Crippen LogP contribution >= 0.6 is 0 Å². The number of carbonyl (C=O) groups is 1. The zero-order chi connectivity index (χ0) is 21.3. The summed E-state index contributed by atoms with van der Waals surface area (Å²) in [6, 6.07) is 14.2. The molecule has 3 aromatic rings. The first kappa shape index (κ1) is 20.3. The van der Waals surface area contributed by atoms with E-state index in [2.05, 4.69) is 0 Å². The molecule has 0 radical (unpaired) electrons. The smallest absolute Gasteiger partial charge is 0.229 e. The predicted molar refractivity (Wildman–Crippen MR) is 118 cm³/mol. The fourth-order valence-electron chi connectivity index (χ4n) is 3.56. The first-order chi connectivity index (χ1) is 14.3. The summed E-state index contributed by atoms with van der Waals surface area (Å²) >= 11 is 0. The molecule has 0 atom stereocenters. The molecule has 0 bridgehead atoms. The molecule has 1 amide bonds. The average Bonchev–Trinajstić information content (AvgIpc) is 2.89. The van der Waals surface area contributed by atoms with E-state index in [1.165, 1.54) is 0 Å². The van der Waals surface area contributed by atoms with E-state index < -0.39 is 9.84 Å². The maximum atomic E-state index is 13.1. The molecular formula is C22H24N4O3S. The second-order valence-corrected chi connectivity index (χ2v) is 9.67. The Kier molecular flexibility index (Phi) is 5.42. The lowest BCUT2D eigenvalue weighted by Gasteiger charge is -2.23. The van der Waals surface area contributed by atoms with Crippen LogP contribution in [0.15, 0.2) is 53.4 Å². The van der Waals surface area contributed by atoms with E-state index in [1.807, 2.05) is 43.1 Å². The molecular weight excluding hydrogens is 400 g/mol. The summed E-state index contributed by atoms with van der Waals surface area (Å²) in [7, 11) is -1.61. The first-order valence-corrected chi connectivity index (χ1v) is 11.6. The number of hydrogen-bond donors (Lipinski definition) is 0. The number of sulfone groups is 1. The number of rotatable bonds is 4. The van der Waals surface area contributed by atoms with Crippen molar-refractivity contribution in [3.63, 3.8) is 0 Å². The van der Waals surface area contributed by atoms with Crippen LogP contribution in [0.4, 0.5) is 11.6 Å². The monoisotopic (exact) mass is 424 g/mol. The Hall–Kier alpha value is -3.00. The highest BCUT2D eigenvalue weighted by Crippen LogP contribution is 2.30. The number of amides is 1. The van der Waals surface area contributed by atoms with Crippen molar-refractivity contribution in [1.82, 2.24) is 9.97 Å². The second kappa shape index (κ2) is 8.02. The fourth-order valence-corrected chi connectivity index (χ4v) is 4.79. The summed E-state index contributed by atoms with van der Waals surface area (Å²) in [6.07, 6.45) is 0.648. The van der Waals surface area contributed by atoms with Crippen LogP contribution in [0.25, 0.3) is 11.0 Å². The molecule has 1 aliphatic rings. The van der Waals surface area contributed by atoms with Gasteiger partial charge >= 0.3 is 0 Å². The Bertz CT molecular complexity index is 1190. The van der Waals surface area contributed by atoms with Gasteiger partial charge < -0.3 is 4.90 Å². The maximum Gasteiger partial charge on any atom is 0.229 e. The van der Waals surface area contributed by atoms with E-state index in [0.717, 1.165) is 24.0 Å². The van der Waals surface area contributed by atoms with Crippen molar-refractivity contribution in [1.29, 1.82) is 0 Å². The van der Waals surface area contributed by atoms with Crippen LogP contribution in [-0.4, -0.2) is 50.2 Å². The standard InChI is InChI=1S/C22H24N4O3S/c1-16-8-10-17(11-9-16)30(28,29)15-12-20(27)26-14-5-13-25(2)21-22(26)24-19-7-4-3-6-18(19)23-21/h3-4,6-11H,5,12-15H2,1-2H3. The third-order valence-electron chi connectivity index (χ3n) is 5.29. The van der Waals surface area contributed by atoms with Crippen molar-refractivity contribution < 1.29 is 13.2 Å². The molecule has 0 saturated carbocycles. The Labute approximate surface area is 176 Å². The molecule has 4 rings (SSSR count). The average molecular weight is 425 g/mol. The van der Waals surface area contributed by atoms with Crippen molar-refractivity contribution in [2.75, 3.05) is 35.7 Å². The zero-order valence-electron chi connectivity index (χ0n) is 17.1. The molecule has 0 aliphatic carbocycles. The summed E-state index contributed by atoms with van der Waals surface area (Å²) < 4.78 is 25.3. The van der Waals surface area contributed by atoms with Crippen molar-refractivity contribution in [3.8, 4) is 0 Å². The van der Waals surface area contributed by atoms with E-state index in [0.29, 0.717) is 23.7 Å². The third kappa shape index (κ3) is 4.00. The molecule has 1 aromatic heterocycles. The molecule has 1 aliphatic heterocycles. The molecule has 2 heterocycles. The Morgan fingerprint density at radius 3 is 2.27 bits per heavy atom. The van der Waals surface area contributed by atoms with Gasteiger partial charge in [0.1, 0.15) is 0 Å². The molecule has 7 nitrogen and oxygen atoms in total. The highest BCUT2D eigenvalue weighted by Gasteiger charge is 2.28. The van der Waals surface area contributed by atoms with Crippen LogP contribution in [0.1, 0.15) is 18.4 Å². The van der Waals surface area contributed by atoms with E-state index in [-0.39, 0.29) is 23.0 Å². The topological polar surface area (TPSA) is 83.5 Å². The van der Waals surface area contributed by atoms with E-state index in [4.69, 9.17) is 9.97 Å². The molecule has 0 N–H and O–H groups in total. The van der Waals surface area contributed by atoms with E-state index in [1.54, 1.807) is 29.2 Å². The predicted octanol–water partition coefficient (Wildman–Crippen LogP) is 2.98. The normalized spacial score (nSPS) is 14.5. The highest BCUT2D eigenvalue weighted by atomic mass is 32.2. The number of benzene rings is 2. The van der Waals surface area contributed by atoms with Gasteiger partial charge in [-0.05, 0) is 37.6 Å². The van der Waals surface area contributed by atoms with Crippen LogP contribution in [0.3, 0.4) is 0 Å². The fraction of sp³-hybridized carbons (Fsp3) is 0.318. The molecule has 156 valence electrons. The molecule has 0 saturated heterocycles. The minimum absolute atomic E-state index is 0.103. The Morgan fingerprint density at radius 1 is 0.967 bits per heavy atom. The quantitative estimate of drug-likeness (QED) is 0.640. The third-order valence-corrected chi connectivity index (χ3v) is 7.02. The number of hydrogen-bond acceptors (Lipinski definition) is 6. The van der Waals surface area contributed by atoms with Gasteiger partial charge in [-0.2, -0.15) is 0 Å². The Balaban J connectivity index is 1.60. The van der Waals surface area contributed by atoms with Gasteiger partial charge in [0.15, 0.2) is 21.5 Å². The summed E-state index contributed by atoms with van der Waals surface area (Å²) in [5.41, 5.74) is 2.46. The molecule has 30 heavy (non-hydrogen) atoms. The number of fused-ring (bicyclic) bond motifs is 2. The van der Waals surface area contributed by atoms with Crippen molar-refractivity contribution in [2.24, 2.45) is 0 Å². The van der Waals surface area contributed by atoms with Crippen molar-refractivity contribution >= 4 is 38.4 Å². The number of aromatic nitrogens is 2. The molecule has 0 unspecified atom stereocenters. The number of anilines is 2. The van der Waals surface area contributed by atoms with Crippen LogP contribution in [0, 0.1) is 6.92 Å². The number of carbonyl (C=O) groups excluding carboxylic acids is 1. The minimum atomic E-state index is -3.54. The molecule has 0 fully saturated rings. The summed E-state index contributed by atoms with van der Waals surface area (Å²) in [6.45, 7) is 3.12. The van der Waals surface area contributed by atoms with Gasteiger partial charge in [-0.1, -0.05) is 29.8 Å². The highest BCUT2D eigenvalue weighted by molar-refractivity contribution is 7.91. The van der Waals surface area contributed by atoms with Gasteiger partial charge in [-0.25, -0.2) is 18.4 Å². The van der Waals surface area contributed by atoms with Gasteiger partial charge in [-0.15, -0.1) is 0 Å². The summed E-state index contributed by atoms with van der Waals surface area (Å²) in [4.78, 5) is 26.3. The first-order valence-electron chi connectivity index (χ1n) is 9.93. The van der Waals surface area contributed by atoms with Crippen LogP contribution in [-0.2, 0) is 14.6 Å². The lowest BCUT2D eigenvalue weighted by Crippen LogP contribution is -2.33. The van der Waals surface area contributed by atoms with Gasteiger partial charge in [0, 0.05) is 26.6 Å². The van der Waals surface area contributed by atoms with Crippen molar-refractivity contribution in [2.45, 2.75) is 24.7 Å². The summed E-state index contributed by atoms with van der Waals surface area (Å²) in [5, 5.41) is 0. The minimum Gasteiger partial charge on any atom is -0.357 e.